The zero-order valence-electron chi connectivity index (χ0n) is 10.8. The lowest BCUT2D eigenvalue weighted by Crippen LogP contribution is -2.45. The fourth-order valence-corrected chi connectivity index (χ4v) is 2.60. The van der Waals surface area contributed by atoms with Gasteiger partial charge in [-0.05, 0) is 19.1 Å². The molecule has 6 heteroatoms. The summed E-state index contributed by atoms with van der Waals surface area (Å²) in [5, 5.41) is 0. The van der Waals surface area contributed by atoms with Crippen LogP contribution in [0.5, 0.6) is 0 Å². The molecule has 0 fully saturated rings. The van der Waals surface area contributed by atoms with E-state index in [9.17, 15) is 8.42 Å². The van der Waals surface area contributed by atoms with Crippen LogP contribution in [0.4, 0.5) is 0 Å². The van der Waals surface area contributed by atoms with Crippen LogP contribution in [0, 0.1) is 0 Å². The summed E-state index contributed by atoms with van der Waals surface area (Å²) in [6, 6.07) is 8.22. The second kappa shape index (κ2) is 6.29. The summed E-state index contributed by atoms with van der Waals surface area (Å²) < 4.78 is 36.8. The van der Waals surface area contributed by atoms with Crippen LogP contribution in [0.1, 0.15) is 6.92 Å². The Bertz CT molecular complexity index is 460. The van der Waals surface area contributed by atoms with Crippen LogP contribution in [-0.2, 0) is 19.5 Å². The second-order valence-electron chi connectivity index (χ2n) is 4.22. The average Bonchev–Trinajstić information content (AvgIpc) is 2.38. The zero-order chi connectivity index (χ0) is 13.6. The number of nitrogens with one attached hydrogen (secondary N) is 1. The van der Waals surface area contributed by atoms with Gasteiger partial charge in [0, 0.05) is 20.8 Å². The van der Waals surface area contributed by atoms with Crippen LogP contribution in [-0.4, -0.2) is 41.4 Å². The molecule has 0 saturated heterocycles. The van der Waals surface area contributed by atoms with E-state index in [2.05, 4.69) is 4.72 Å². The molecule has 0 unspecified atom stereocenters. The first-order chi connectivity index (χ1) is 8.43. The average molecular weight is 273 g/mol. The van der Waals surface area contributed by atoms with Crippen molar-refractivity contribution in [2.24, 2.45) is 0 Å². The summed E-state index contributed by atoms with van der Waals surface area (Å²) in [4.78, 5) is 0.237. The van der Waals surface area contributed by atoms with Gasteiger partial charge in [0.2, 0.25) is 10.0 Å². The number of hydrogen-bond acceptors (Lipinski definition) is 4. The van der Waals surface area contributed by atoms with Gasteiger partial charge in [-0.3, -0.25) is 0 Å². The van der Waals surface area contributed by atoms with Gasteiger partial charge < -0.3 is 9.47 Å². The molecule has 0 spiro atoms. The SMILES string of the molecule is COC[C@@](C)(CNS(=O)(=O)c1ccccc1)OC. The first kappa shape index (κ1) is 15.1. The summed E-state index contributed by atoms with van der Waals surface area (Å²) in [7, 11) is -0.439. The summed E-state index contributed by atoms with van der Waals surface area (Å²) in [6.45, 7) is 2.24. The van der Waals surface area contributed by atoms with Gasteiger partial charge in [-0.2, -0.15) is 0 Å². The normalized spacial score (nSPS) is 15.3. The Balaban J connectivity index is 2.73. The van der Waals surface area contributed by atoms with Gasteiger partial charge >= 0.3 is 0 Å². The molecule has 18 heavy (non-hydrogen) atoms. The van der Waals surface area contributed by atoms with E-state index in [0.29, 0.717) is 6.61 Å². The minimum atomic E-state index is -3.51. The van der Waals surface area contributed by atoms with Crippen molar-refractivity contribution in [2.75, 3.05) is 27.4 Å². The number of hydrogen-bond donors (Lipinski definition) is 1. The number of ether oxygens (including phenoxy) is 2. The van der Waals surface area contributed by atoms with Crippen LogP contribution >= 0.6 is 0 Å². The van der Waals surface area contributed by atoms with Crippen LogP contribution in [0.3, 0.4) is 0 Å². The third kappa shape index (κ3) is 4.06. The Labute approximate surface area is 108 Å². The molecule has 1 aromatic rings. The molecule has 0 aliphatic heterocycles. The van der Waals surface area contributed by atoms with Crippen molar-refractivity contribution in [3.63, 3.8) is 0 Å². The molecule has 102 valence electrons. The van der Waals surface area contributed by atoms with Gasteiger partial charge in [-0.25, -0.2) is 13.1 Å². The Kier molecular flexibility index (Phi) is 5.28. The van der Waals surface area contributed by atoms with E-state index in [1.165, 1.54) is 7.11 Å². The maximum Gasteiger partial charge on any atom is 0.240 e. The molecular formula is C12H19NO4S. The van der Waals surface area contributed by atoms with E-state index in [-0.39, 0.29) is 11.4 Å². The van der Waals surface area contributed by atoms with Crippen molar-refractivity contribution < 1.29 is 17.9 Å². The monoisotopic (exact) mass is 273 g/mol. The molecule has 0 amide bonds. The molecule has 0 aromatic heterocycles. The lowest BCUT2D eigenvalue weighted by Gasteiger charge is -2.27. The molecule has 0 aliphatic carbocycles. The molecule has 0 radical (unpaired) electrons. The van der Waals surface area contributed by atoms with Crippen LogP contribution in [0.15, 0.2) is 35.2 Å². The van der Waals surface area contributed by atoms with Gasteiger partial charge in [0.05, 0.1) is 11.5 Å². The summed E-state index contributed by atoms with van der Waals surface area (Å²) in [5.74, 6) is 0. The molecule has 0 aliphatic rings. The smallest absolute Gasteiger partial charge is 0.240 e. The quantitative estimate of drug-likeness (QED) is 0.805. The maximum absolute atomic E-state index is 12.0. The molecule has 1 aromatic carbocycles. The third-order valence-electron chi connectivity index (χ3n) is 2.63. The number of methoxy groups -OCH3 is 2. The van der Waals surface area contributed by atoms with Crippen molar-refractivity contribution in [1.29, 1.82) is 0 Å². The van der Waals surface area contributed by atoms with Gasteiger partial charge in [-0.1, -0.05) is 18.2 Å². The Morgan fingerprint density at radius 1 is 1.22 bits per heavy atom. The fourth-order valence-electron chi connectivity index (χ4n) is 1.42. The third-order valence-corrected chi connectivity index (χ3v) is 4.05. The topological polar surface area (TPSA) is 64.6 Å². The number of benzene rings is 1. The van der Waals surface area contributed by atoms with E-state index >= 15 is 0 Å². The predicted molar refractivity (Wildman–Crippen MR) is 68.9 cm³/mol. The molecular weight excluding hydrogens is 254 g/mol. The van der Waals surface area contributed by atoms with E-state index in [1.807, 2.05) is 0 Å². The van der Waals surface area contributed by atoms with E-state index in [1.54, 1.807) is 44.4 Å². The van der Waals surface area contributed by atoms with E-state index in [0.717, 1.165) is 0 Å². The van der Waals surface area contributed by atoms with Crippen molar-refractivity contribution in [3.05, 3.63) is 30.3 Å². The highest BCUT2D eigenvalue weighted by atomic mass is 32.2. The van der Waals surface area contributed by atoms with Crippen molar-refractivity contribution in [1.82, 2.24) is 4.72 Å². The maximum atomic E-state index is 12.0. The van der Waals surface area contributed by atoms with Gasteiger partial charge in [0.1, 0.15) is 5.60 Å². The molecule has 5 nitrogen and oxygen atoms in total. The molecule has 0 heterocycles. The predicted octanol–water partition coefficient (Wildman–Crippen LogP) is 1.02. The molecule has 1 rings (SSSR count). The second-order valence-corrected chi connectivity index (χ2v) is 5.99. The van der Waals surface area contributed by atoms with Gasteiger partial charge in [0.15, 0.2) is 0 Å². The van der Waals surface area contributed by atoms with E-state index < -0.39 is 15.6 Å². The van der Waals surface area contributed by atoms with Gasteiger partial charge in [0.25, 0.3) is 0 Å². The Morgan fingerprint density at radius 2 is 1.83 bits per heavy atom. The highest BCUT2D eigenvalue weighted by Gasteiger charge is 2.26. The highest BCUT2D eigenvalue weighted by Crippen LogP contribution is 2.11. The van der Waals surface area contributed by atoms with Crippen LogP contribution in [0.25, 0.3) is 0 Å². The minimum absolute atomic E-state index is 0.147. The Hall–Kier alpha value is -0.950. The molecule has 0 saturated carbocycles. The summed E-state index contributed by atoms with van der Waals surface area (Å²) in [5.41, 5.74) is -0.684. The minimum Gasteiger partial charge on any atom is -0.382 e. The number of sulfonamides is 1. The fraction of sp³-hybridized carbons (Fsp3) is 0.500. The van der Waals surface area contributed by atoms with Crippen molar-refractivity contribution >= 4 is 10.0 Å². The lowest BCUT2D eigenvalue weighted by atomic mass is 10.1. The largest absolute Gasteiger partial charge is 0.382 e. The zero-order valence-corrected chi connectivity index (χ0v) is 11.7. The molecule has 1 N–H and O–H groups in total. The summed E-state index contributed by atoms with van der Waals surface area (Å²) >= 11 is 0. The lowest BCUT2D eigenvalue weighted by molar-refractivity contribution is -0.0460. The van der Waals surface area contributed by atoms with Crippen LogP contribution in [0.2, 0.25) is 0 Å². The van der Waals surface area contributed by atoms with Gasteiger partial charge in [-0.15, -0.1) is 0 Å². The van der Waals surface area contributed by atoms with Crippen LogP contribution < -0.4 is 4.72 Å². The van der Waals surface area contributed by atoms with E-state index in [4.69, 9.17) is 9.47 Å². The first-order valence-corrected chi connectivity index (χ1v) is 7.01. The van der Waals surface area contributed by atoms with Crippen molar-refractivity contribution in [3.8, 4) is 0 Å². The first-order valence-electron chi connectivity index (χ1n) is 5.52. The molecule has 1 atom stereocenters. The standard InChI is InChI=1S/C12H19NO4S/c1-12(17-3,10-16-2)9-13-18(14,15)11-7-5-4-6-8-11/h4-8,13H,9-10H2,1-3H3/t12-/m1/s1. The summed E-state index contributed by atoms with van der Waals surface area (Å²) in [6.07, 6.45) is 0. The van der Waals surface area contributed by atoms with Crippen molar-refractivity contribution in [2.45, 2.75) is 17.4 Å². The molecule has 0 bridgehead atoms. The highest BCUT2D eigenvalue weighted by molar-refractivity contribution is 7.89. The Morgan fingerprint density at radius 3 is 2.33 bits per heavy atom. The number of rotatable bonds is 7.